The molecule has 94 valence electrons. The Morgan fingerprint density at radius 1 is 1.06 bits per heavy atom. The highest BCUT2D eigenvalue weighted by molar-refractivity contribution is 6.42. The second-order valence-electron chi connectivity index (χ2n) is 3.64. The van der Waals surface area contributed by atoms with Crippen molar-refractivity contribution in [1.82, 2.24) is 4.98 Å². The van der Waals surface area contributed by atoms with E-state index < -0.39 is 6.04 Å². The highest BCUT2D eigenvalue weighted by Crippen LogP contribution is 2.33. The topological polar surface area (TPSA) is 38.9 Å². The van der Waals surface area contributed by atoms with E-state index in [1.54, 1.807) is 24.3 Å². The molecule has 0 aliphatic rings. The Labute approximate surface area is 125 Å². The van der Waals surface area contributed by atoms with Crippen LogP contribution in [-0.4, -0.2) is 4.98 Å². The van der Waals surface area contributed by atoms with Crippen LogP contribution in [0.25, 0.3) is 0 Å². The van der Waals surface area contributed by atoms with E-state index in [1.807, 2.05) is 0 Å². The lowest BCUT2D eigenvalue weighted by Gasteiger charge is -2.15. The number of halogens is 4. The first-order valence-electron chi connectivity index (χ1n) is 5.01. The van der Waals surface area contributed by atoms with E-state index in [4.69, 9.17) is 52.1 Å². The average Bonchev–Trinajstić information content (AvgIpc) is 2.32. The number of benzene rings is 1. The summed E-state index contributed by atoms with van der Waals surface area (Å²) in [6.07, 6.45) is 1.49. The molecule has 18 heavy (non-hydrogen) atoms. The average molecular weight is 322 g/mol. The molecule has 1 aromatic heterocycles. The standard InChI is InChI=1S/C12H8Cl4N2/c13-6-4-9(15)12(18-5-6)11(17)7-2-1-3-8(14)10(7)16/h1-5,11H,17H2. The van der Waals surface area contributed by atoms with Crippen molar-refractivity contribution in [3.05, 3.63) is 61.8 Å². The fourth-order valence-corrected chi connectivity index (χ4v) is 2.48. The molecule has 0 saturated heterocycles. The highest BCUT2D eigenvalue weighted by Gasteiger charge is 2.18. The number of hydrogen-bond acceptors (Lipinski definition) is 2. The summed E-state index contributed by atoms with van der Waals surface area (Å²) in [5.41, 5.74) is 7.28. The van der Waals surface area contributed by atoms with Gasteiger partial charge in [-0.25, -0.2) is 0 Å². The lowest BCUT2D eigenvalue weighted by Crippen LogP contribution is -2.14. The summed E-state index contributed by atoms with van der Waals surface area (Å²) in [4.78, 5) is 4.13. The zero-order chi connectivity index (χ0) is 13.3. The molecular weight excluding hydrogens is 314 g/mol. The van der Waals surface area contributed by atoms with E-state index >= 15 is 0 Å². The Hall–Kier alpha value is -0.510. The van der Waals surface area contributed by atoms with Crippen LogP contribution < -0.4 is 5.73 Å². The van der Waals surface area contributed by atoms with E-state index in [2.05, 4.69) is 4.98 Å². The second kappa shape index (κ2) is 5.64. The third-order valence-electron chi connectivity index (χ3n) is 2.45. The number of hydrogen-bond donors (Lipinski definition) is 1. The molecule has 1 aromatic carbocycles. The molecule has 0 fully saturated rings. The quantitative estimate of drug-likeness (QED) is 0.867. The molecule has 0 aliphatic carbocycles. The maximum absolute atomic E-state index is 6.11. The van der Waals surface area contributed by atoms with Crippen molar-refractivity contribution in [1.29, 1.82) is 0 Å². The molecule has 0 saturated carbocycles. The van der Waals surface area contributed by atoms with E-state index in [0.29, 0.717) is 31.3 Å². The first-order chi connectivity index (χ1) is 8.50. The lowest BCUT2D eigenvalue weighted by atomic mass is 10.0. The van der Waals surface area contributed by atoms with Gasteiger partial charge in [-0.1, -0.05) is 58.5 Å². The van der Waals surface area contributed by atoms with Gasteiger partial charge in [-0.2, -0.15) is 0 Å². The molecule has 1 heterocycles. The molecule has 1 atom stereocenters. The van der Waals surface area contributed by atoms with Crippen LogP contribution in [0.2, 0.25) is 20.1 Å². The summed E-state index contributed by atoms with van der Waals surface area (Å²) in [7, 11) is 0. The number of nitrogens with zero attached hydrogens (tertiary/aromatic N) is 1. The SMILES string of the molecule is NC(c1cccc(Cl)c1Cl)c1ncc(Cl)cc1Cl. The largest absolute Gasteiger partial charge is 0.319 e. The number of nitrogens with two attached hydrogens (primary N) is 1. The van der Waals surface area contributed by atoms with Crippen molar-refractivity contribution in [3.63, 3.8) is 0 Å². The van der Waals surface area contributed by atoms with Gasteiger partial charge < -0.3 is 5.73 Å². The van der Waals surface area contributed by atoms with Crippen molar-refractivity contribution >= 4 is 46.4 Å². The number of aromatic nitrogens is 1. The third kappa shape index (κ3) is 2.73. The molecule has 2 nitrogen and oxygen atoms in total. The van der Waals surface area contributed by atoms with Crippen LogP contribution in [-0.2, 0) is 0 Å². The maximum Gasteiger partial charge on any atom is 0.0803 e. The minimum absolute atomic E-state index is 0.394. The lowest BCUT2D eigenvalue weighted by molar-refractivity contribution is 0.829. The van der Waals surface area contributed by atoms with Crippen LogP contribution in [0.5, 0.6) is 0 Å². The van der Waals surface area contributed by atoms with Gasteiger partial charge in [0.1, 0.15) is 0 Å². The second-order valence-corrected chi connectivity index (χ2v) is 5.27. The predicted octanol–water partition coefficient (Wildman–Crippen LogP) is 4.74. The molecule has 0 bridgehead atoms. The molecular formula is C12H8Cl4N2. The molecule has 0 aliphatic heterocycles. The third-order valence-corrected chi connectivity index (χ3v) is 3.79. The maximum atomic E-state index is 6.11. The zero-order valence-corrected chi connectivity index (χ0v) is 12.0. The van der Waals surface area contributed by atoms with Crippen LogP contribution in [0.15, 0.2) is 30.5 Å². The molecule has 2 N–H and O–H groups in total. The molecule has 0 radical (unpaired) electrons. The van der Waals surface area contributed by atoms with Crippen molar-refractivity contribution < 1.29 is 0 Å². The Kier molecular flexibility index (Phi) is 4.36. The number of pyridine rings is 1. The zero-order valence-electron chi connectivity index (χ0n) is 9.00. The summed E-state index contributed by atoms with van der Waals surface area (Å²) in [5, 5.41) is 1.69. The smallest absolute Gasteiger partial charge is 0.0803 e. The fourth-order valence-electron chi connectivity index (χ4n) is 1.56. The van der Waals surface area contributed by atoms with Gasteiger partial charge in [-0.05, 0) is 17.7 Å². The van der Waals surface area contributed by atoms with Gasteiger partial charge in [-0.3, -0.25) is 4.98 Å². The Morgan fingerprint density at radius 2 is 1.78 bits per heavy atom. The Bertz CT molecular complexity index is 586. The van der Waals surface area contributed by atoms with Gasteiger partial charge >= 0.3 is 0 Å². The van der Waals surface area contributed by atoms with Crippen molar-refractivity contribution in [3.8, 4) is 0 Å². The summed E-state index contributed by atoms with van der Waals surface area (Å²) in [6.45, 7) is 0. The van der Waals surface area contributed by atoms with Gasteiger partial charge in [0.2, 0.25) is 0 Å². The molecule has 0 amide bonds. The summed E-state index contributed by atoms with van der Waals surface area (Å²) in [5.74, 6) is 0. The molecule has 2 aromatic rings. The van der Waals surface area contributed by atoms with Crippen LogP contribution in [0.3, 0.4) is 0 Å². The Balaban J connectivity index is 2.48. The van der Waals surface area contributed by atoms with Gasteiger partial charge in [0.05, 0.1) is 31.8 Å². The van der Waals surface area contributed by atoms with Crippen LogP contribution in [0.1, 0.15) is 17.3 Å². The molecule has 1 unspecified atom stereocenters. The minimum atomic E-state index is -0.555. The molecule has 6 heteroatoms. The first-order valence-corrected chi connectivity index (χ1v) is 6.52. The summed E-state index contributed by atoms with van der Waals surface area (Å²) < 4.78 is 0. The first kappa shape index (κ1) is 13.9. The number of rotatable bonds is 2. The molecule has 2 rings (SSSR count). The van der Waals surface area contributed by atoms with Gasteiger partial charge in [0.25, 0.3) is 0 Å². The van der Waals surface area contributed by atoms with E-state index in [-0.39, 0.29) is 0 Å². The van der Waals surface area contributed by atoms with E-state index in [1.165, 1.54) is 6.20 Å². The van der Waals surface area contributed by atoms with Crippen LogP contribution in [0.4, 0.5) is 0 Å². The van der Waals surface area contributed by atoms with E-state index in [0.717, 1.165) is 0 Å². The van der Waals surface area contributed by atoms with Gasteiger partial charge in [0.15, 0.2) is 0 Å². The van der Waals surface area contributed by atoms with Crippen LogP contribution >= 0.6 is 46.4 Å². The fraction of sp³-hybridized carbons (Fsp3) is 0.0833. The monoisotopic (exact) mass is 320 g/mol. The van der Waals surface area contributed by atoms with Crippen molar-refractivity contribution in [2.75, 3.05) is 0 Å². The Morgan fingerprint density at radius 3 is 2.44 bits per heavy atom. The summed E-state index contributed by atoms with van der Waals surface area (Å²) >= 11 is 23.9. The normalized spacial score (nSPS) is 12.5. The van der Waals surface area contributed by atoms with Crippen LogP contribution in [0, 0.1) is 0 Å². The van der Waals surface area contributed by atoms with Crippen molar-refractivity contribution in [2.24, 2.45) is 5.73 Å². The highest BCUT2D eigenvalue weighted by atomic mass is 35.5. The van der Waals surface area contributed by atoms with Crippen molar-refractivity contribution in [2.45, 2.75) is 6.04 Å². The van der Waals surface area contributed by atoms with Gasteiger partial charge in [-0.15, -0.1) is 0 Å². The summed E-state index contributed by atoms with van der Waals surface area (Å²) in [6, 6.07) is 6.28. The van der Waals surface area contributed by atoms with E-state index in [9.17, 15) is 0 Å². The van der Waals surface area contributed by atoms with Gasteiger partial charge in [0, 0.05) is 6.20 Å². The predicted molar refractivity (Wildman–Crippen MR) is 76.7 cm³/mol. The molecule has 0 spiro atoms. The minimum Gasteiger partial charge on any atom is -0.319 e.